The lowest BCUT2D eigenvalue weighted by Crippen LogP contribution is -2.39. The van der Waals surface area contributed by atoms with Gasteiger partial charge in [0.15, 0.2) is 0 Å². The van der Waals surface area contributed by atoms with E-state index in [1.807, 2.05) is 0 Å². The van der Waals surface area contributed by atoms with E-state index >= 15 is 0 Å². The third kappa shape index (κ3) is 2.86. The van der Waals surface area contributed by atoms with Crippen molar-refractivity contribution in [3.8, 4) is 0 Å². The number of rotatable bonds is 3. The monoisotopic (exact) mass is 261 g/mol. The van der Waals surface area contributed by atoms with Crippen LogP contribution in [0.5, 0.6) is 0 Å². The minimum atomic E-state index is 0.330. The fourth-order valence-corrected chi connectivity index (χ4v) is 3.85. The SMILES string of the molecule is CC1(c2cncn2CC2CCCCC2)CCNCC1. The predicted molar refractivity (Wildman–Crippen MR) is 78.3 cm³/mol. The van der Waals surface area contributed by atoms with Crippen molar-refractivity contribution in [3.63, 3.8) is 0 Å². The smallest absolute Gasteiger partial charge is 0.0948 e. The second kappa shape index (κ2) is 5.66. The summed E-state index contributed by atoms with van der Waals surface area (Å²) in [5, 5.41) is 3.47. The molecule has 1 aromatic heterocycles. The summed E-state index contributed by atoms with van der Waals surface area (Å²) < 4.78 is 2.46. The van der Waals surface area contributed by atoms with Gasteiger partial charge in [0.05, 0.1) is 6.33 Å². The summed E-state index contributed by atoms with van der Waals surface area (Å²) in [6.07, 6.45) is 13.8. The van der Waals surface area contributed by atoms with Crippen molar-refractivity contribution in [2.75, 3.05) is 13.1 Å². The lowest BCUT2D eigenvalue weighted by atomic mass is 9.78. The van der Waals surface area contributed by atoms with Crippen LogP contribution in [0.25, 0.3) is 0 Å². The first-order valence-corrected chi connectivity index (χ1v) is 7.99. The van der Waals surface area contributed by atoms with E-state index in [9.17, 15) is 0 Å². The minimum absolute atomic E-state index is 0.330. The second-order valence-electron chi connectivity index (χ2n) is 6.75. The van der Waals surface area contributed by atoms with Crippen LogP contribution in [0.15, 0.2) is 12.5 Å². The van der Waals surface area contributed by atoms with Crippen molar-refractivity contribution in [2.45, 2.75) is 63.8 Å². The van der Waals surface area contributed by atoms with Gasteiger partial charge in [0, 0.05) is 23.9 Å². The quantitative estimate of drug-likeness (QED) is 0.906. The average Bonchev–Trinajstić information content (AvgIpc) is 2.90. The lowest BCUT2D eigenvalue weighted by Gasteiger charge is -2.35. The number of imidazole rings is 1. The minimum Gasteiger partial charge on any atom is -0.334 e. The van der Waals surface area contributed by atoms with Crippen molar-refractivity contribution < 1.29 is 0 Å². The van der Waals surface area contributed by atoms with Crippen molar-refractivity contribution in [1.82, 2.24) is 14.9 Å². The van der Waals surface area contributed by atoms with E-state index in [2.05, 4.69) is 34.3 Å². The molecule has 3 heteroatoms. The summed E-state index contributed by atoms with van der Waals surface area (Å²) in [7, 11) is 0. The van der Waals surface area contributed by atoms with Crippen LogP contribution in [0.4, 0.5) is 0 Å². The molecule has 0 atom stereocenters. The van der Waals surface area contributed by atoms with Crippen LogP contribution in [0.3, 0.4) is 0 Å². The molecule has 1 aromatic rings. The summed E-state index contributed by atoms with van der Waals surface area (Å²) in [4.78, 5) is 4.45. The zero-order chi connectivity index (χ0) is 13.1. The molecule has 2 heterocycles. The van der Waals surface area contributed by atoms with Gasteiger partial charge in [0.1, 0.15) is 0 Å². The molecule has 1 saturated heterocycles. The Morgan fingerprint density at radius 2 is 2.00 bits per heavy atom. The fourth-order valence-electron chi connectivity index (χ4n) is 3.85. The van der Waals surface area contributed by atoms with Crippen LogP contribution in [0, 0.1) is 5.92 Å². The van der Waals surface area contributed by atoms with E-state index in [0.29, 0.717) is 5.41 Å². The van der Waals surface area contributed by atoms with Crippen molar-refractivity contribution in [3.05, 3.63) is 18.2 Å². The average molecular weight is 261 g/mol. The summed E-state index contributed by atoms with van der Waals surface area (Å²) in [6.45, 7) is 5.90. The summed E-state index contributed by atoms with van der Waals surface area (Å²) in [6, 6.07) is 0. The largest absolute Gasteiger partial charge is 0.334 e. The Hall–Kier alpha value is -0.830. The number of hydrogen-bond acceptors (Lipinski definition) is 2. The molecule has 0 amide bonds. The van der Waals surface area contributed by atoms with Gasteiger partial charge >= 0.3 is 0 Å². The van der Waals surface area contributed by atoms with E-state index in [1.165, 1.54) is 57.2 Å². The number of aromatic nitrogens is 2. The Morgan fingerprint density at radius 3 is 2.74 bits per heavy atom. The zero-order valence-corrected chi connectivity index (χ0v) is 12.2. The predicted octanol–water partition coefficient (Wildman–Crippen LogP) is 3.10. The molecule has 1 N–H and O–H groups in total. The molecule has 1 aliphatic heterocycles. The van der Waals surface area contributed by atoms with Gasteiger partial charge < -0.3 is 9.88 Å². The first kappa shape index (κ1) is 13.2. The topological polar surface area (TPSA) is 29.9 Å². The molecule has 106 valence electrons. The van der Waals surface area contributed by atoms with Gasteiger partial charge in [-0.15, -0.1) is 0 Å². The van der Waals surface area contributed by atoms with E-state index < -0.39 is 0 Å². The van der Waals surface area contributed by atoms with E-state index in [-0.39, 0.29) is 0 Å². The summed E-state index contributed by atoms with van der Waals surface area (Å²) >= 11 is 0. The molecule has 2 aliphatic rings. The molecule has 3 rings (SSSR count). The number of nitrogens with zero attached hydrogens (tertiary/aromatic N) is 2. The first-order valence-electron chi connectivity index (χ1n) is 7.99. The molecule has 0 aromatic carbocycles. The molecule has 1 saturated carbocycles. The number of piperidine rings is 1. The molecule has 19 heavy (non-hydrogen) atoms. The molecule has 0 radical (unpaired) electrons. The fraction of sp³-hybridized carbons (Fsp3) is 0.812. The molecule has 0 unspecified atom stereocenters. The van der Waals surface area contributed by atoms with Gasteiger partial charge in [0.2, 0.25) is 0 Å². The van der Waals surface area contributed by atoms with E-state index in [1.54, 1.807) is 0 Å². The van der Waals surface area contributed by atoms with Crippen molar-refractivity contribution in [2.24, 2.45) is 5.92 Å². The molecule has 3 nitrogen and oxygen atoms in total. The maximum atomic E-state index is 4.45. The van der Waals surface area contributed by atoms with Gasteiger partial charge in [-0.25, -0.2) is 4.98 Å². The molecule has 1 aliphatic carbocycles. The molecular formula is C16H27N3. The van der Waals surface area contributed by atoms with Crippen LogP contribution in [-0.2, 0) is 12.0 Å². The highest BCUT2D eigenvalue weighted by Gasteiger charge is 2.32. The van der Waals surface area contributed by atoms with Crippen molar-refractivity contribution >= 4 is 0 Å². The molecule has 2 fully saturated rings. The lowest BCUT2D eigenvalue weighted by molar-refractivity contribution is 0.285. The van der Waals surface area contributed by atoms with Gasteiger partial charge in [-0.2, -0.15) is 0 Å². The third-order valence-electron chi connectivity index (χ3n) is 5.22. The normalized spacial score (nSPS) is 24.5. The van der Waals surface area contributed by atoms with Gasteiger partial charge in [-0.3, -0.25) is 0 Å². The summed E-state index contributed by atoms with van der Waals surface area (Å²) in [5.41, 5.74) is 1.80. The van der Waals surface area contributed by atoms with Crippen LogP contribution < -0.4 is 5.32 Å². The van der Waals surface area contributed by atoms with E-state index in [0.717, 1.165) is 19.0 Å². The standard InChI is InChI=1S/C16H27N3/c1-16(7-9-17-10-8-16)15-11-18-13-19(15)12-14-5-3-2-4-6-14/h11,13-14,17H,2-10,12H2,1H3. The third-order valence-corrected chi connectivity index (χ3v) is 5.22. The summed E-state index contributed by atoms with van der Waals surface area (Å²) in [5.74, 6) is 0.881. The highest BCUT2D eigenvalue weighted by molar-refractivity contribution is 5.15. The zero-order valence-electron chi connectivity index (χ0n) is 12.2. The maximum absolute atomic E-state index is 4.45. The van der Waals surface area contributed by atoms with Crippen LogP contribution >= 0.6 is 0 Å². The van der Waals surface area contributed by atoms with Gasteiger partial charge in [-0.05, 0) is 44.7 Å². The molecular weight excluding hydrogens is 234 g/mol. The van der Waals surface area contributed by atoms with Crippen LogP contribution in [-0.4, -0.2) is 22.6 Å². The Morgan fingerprint density at radius 1 is 1.26 bits per heavy atom. The van der Waals surface area contributed by atoms with E-state index in [4.69, 9.17) is 0 Å². The van der Waals surface area contributed by atoms with Crippen molar-refractivity contribution in [1.29, 1.82) is 0 Å². The van der Waals surface area contributed by atoms with Gasteiger partial charge in [-0.1, -0.05) is 26.2 Å². The molecule has 0 spiro atoms. The number of hydrogen-bond donors (Lipinski definition) is 1. The Bertz CT molecular complexity index is 398. The number of nitrogens with one attached hydrogen (secondary N) is 1. The second-order valence-corrected chi connectivity index (χ2v) is 6.75. The maximum Gasteiger partial charge on any atom is 0.0948 e. The Labute approximate surface area is 116 Å². The van der Waals surface area contributed by atoms with Crippen LogP contribution in [0.2, 0.25) is 0 Å². The van der Waals surface area contributed by atoms with Gasteiger partial charge in [0.25, 0.3) is 0 Å². The Kier molecular flexibility index (Phi) is 3.92. The highest BCUT2D eigenvalue weighted by Crippen LogP contribution is 2.34. The first-order chi connectivity index (χ1) is 9.28. The molecule has 0 bridgehead atoms. The Balaban J connectivity index is 1.73. The van der Waals surface area contributed by atoms with Crippen LogP contribution in [0.1, 0.15) is 57.6 Å². The highest BCUT2D eigenvalue weighted by atomic mass is 15.1.